The number of carbonyl (C=O) groups is 2. The van der Waals surface area contributed by atoms with Crippen molar-refractivity contribution in [1.82, 2.24) is 10.2 Å². The van der Waals surface area contributed by atoms with Gasteiger partial charge in [-0.3, -0.25) is 13.9 Å². The number of sulfonamides is 1. The maximum atomic E-state index is 14.1. The van der Waals surface area contributed by atoms with Gasteiger partial charge in [-0.25, -0.2) is 8.42 Å². The van der Waals surface area contributed by atoms with E-state index < -0.39 is 34.1 Å². The van der Waals surface area contributed by atoms with Crippen LogP contribution in [0.15, 0.2) is 83.8 Å². The molecule has 0 radical (unpaired) electrons. The average Bonchev–Trinajstić information content (AvgIpc) is 2.91. The van der Waals surface area contributed by atoms with Crippen LogP contribution in [-0.2, 0) is 26.0 Å². The van der Waals surface area contributed by atoms with Crippen LogP contribution in [0.3, 0.4) is 0 Å². The number of hydrogen-bond donors (Lipinski definition) is 1. The first-order valence-electron chi connectivity index (χ1n) is 13.0. The van der Waals surface area contributed by atoms with Gasteiger partial charge >= 0.3 is 0 Å². The summed E-state index contributed by atoms with van der Waals surface area (Å²) in [4.78, 5) is 28.9. The van der Waals surface area contributed by atoms with Crippen LogP contribution in [0.2, 0.25) is 10.0 Å². The molecule has 10 heteroatoms. The fraction of sp³-hybridized carbons (Fsp3) is 0.333. The molecule has 7 nitrogen and oxygen atoms in total. The van der Waals surface area contributed by atoms with Crippen molar-refractivity contribution in [2.45, 2.75) is 57.0 Å². The number of benzene rings is 3. The number of hydrogen-bond acceptors (Lipinski definition) is 4. The second-order valence-corrected chi connectivity index (χ2v) is 13.1. The quantitative estimate of drug-likeness (QED) is 0.293. The Morgan fingerprint density at radius 1 is 0.925 bits per heavy atom. The first-order chi connectivity index (χ1) is 18.8. The minimum atomic E-state index is -4.23. The van der Waals surface area contributed by atoms with E-state index in [1.54, 1.807) is 24.3 Å². The van der Waals surface area contributed by atoms with Crippen LogP contribution in [0.25, 0.3) is 0 Å². The van der Waals surface area contributed by atoms with Gasteiger partial charge in [0.05, 0.1) is 15.6 Å². The second kappa shape index (κ2) is 13.5. The Labute approximate surface area is 247 Å². The van der Waals surface area contributed by atoms with Gasteiger partial charge in [0.25, 0.3) is 10.0 Å². The van der Waals surface area contributed by atoms with Crippen LogP contribution in [0.4, 0.5) is 5.69 Å². The van der Waals surface area contributed by atoms with Crippen LogP contribution >= 0.6 is 23.2 Å². The average molecular weight is 605 g/mol. The van der Waals surface area contributed by atoms with E-state index in [-0.39, 0.29) is 33.1 Å². The molecule has 0 bridgehead atoms. The van der Waals surface area contributed by atoms with Gasteiger partial charge in [0.1, 0.15) is 12.6 Å². The van der Waals surface area contributed by atoms with Crippen molar-refractivity contribution in [2.75, 3.05) is 17.4 Å². The largest absolute Gasteiger partial charge is 0.350 e. The third-order valence-electron chi connectivity index (χ3n) is 6.16. The van der Waals surface area contributed by atoms with Crippen molar-refractivity contribution >= 4 is 50.7 Å². The Balaban J connectivity index is 2.05. The predicted octanol–water partition coefficient (Wildman–Crippen LogP) is 5.95. The van der Waals surface area contributed by atoms with Gasteiger partial charge in [-0.05, 0) is 69.5 Å². The molecule has 0 aliphatic rings. The third-order valence-corrected chi connectivity index (χ3v) is 8.48. The Morgan fingerprint density at radius 2 is 1.52 bits per heavy atom. The van der Waals surface area contributed by atoms with E-state index in [1.165, 1.54) is 29.2 Å². The zero-order valence-corrected chi connectivity index (χ0v) is 25.4. The lowest BCUT2D eigenvalue weighted by Crippen LogP contribution is -2.56. The summed E-state index contributed by atoms with van der Waals surface area (Å²) in [5.41, 5.74) is 0.537. The second-order valence-electron chi connectivity index (χ2n) is 10.4. The van der Waals surface area contributed by atoms with E-state index in [0.717, 1.165) is 9.87 Å². The Morgan fingerprint density at radius 3 is 2.10 bits per heavy atom. The number of carbonyl (C=O) groups excluding carboxylic acids is 2. The molecule has 0 spiro atoms. The molecule has 0 unspecified atom stereocenters. The van der Waals surface area contributed by atoms with Crippen molar-refractivity contribution < 1.29 is 18.0 Å². The van der Waals surface area contributed by atoms with E-state index in [4.69, 9.17) is 23.2 Å². The molecule has 0 saturated carbocycles. The molecule has 3 aromatic rings. The Hall–Kier alpha value is -3.07. The van der Waals surface area contributed by atoms with Gasteiger partial charge in [0, 0.05) is 17.1 Å². The van der Waals surface area contributed by atoms with Gasteiger partial charge in [-0.1, -0.05) is 78.7 Å². The van der Waals surface area contributed by atoms with Gasteiger partial charge in [-0.2, -0.15) is 0 Å². The SMILES string of the molecule is CC[C@H](C(=O)NC(C)(C)C)N(CCc1ccccc1)C(=O)CN(c1cc(Cl)ccc1Cl)S(=O)(=O)c1ccccc1. The first kappa shape index (κ1) is 31.5. The molecule has 0 saturated heterocycles. The Bertz CT molecular complexity index is 1410. The van der Waals surface area contributed by atoms with Crippen LogP contribution in [0, 0.1) is 0 Å². The minimum absolute atomic E-state index is 0.00723. The summed E-state index contributed by atoms with van der Waals surface area (Å²) in [6.45, 7) is 7.05. The molecule has 0 aliphatic heterocycles. The van der Waals surface area contributed by atoms with Crippen molar-refractivity contribution in [3.63, 3.8) is 0 Å². The number of nitrogens with one attached hydrogen (secondary N) is 1. The molecular formula is C30H35Cl2N3O4S. The lowest BCUT2D eigenvalue weighted by atomic mass is 10.1. The van der Waals surface area contributed by atoms with Crippen LogP contribution in [0.5, 0.6) is 0 Å². The monoisotopic (exact) mass is 603 g/mol. The molecule has 40 heavy (non-hydrogen) atoms. The fourth-order valence-electron chi connectivity index (χ4n) is 4.26. The summed E-state index contributed by atoms with van der Waals surface area (Å²) in [6.07, 6.45) is 0.820. The number of nitrogens with zero attached hydrogens (tertiary/aromatic N) is 2. The normalized spacial score (nSPS) is 12.4. The fourth-order valence-corrected chi connectivity index (χ4v) is 6.14. The minimum Gasteiger partial charge on any atom is -0.350 e. The van der Waals surface area contributed by atoms with E-state index in [9.17, 15) is 18.0 Å². The highest BCUT2D eigenvalue weighted by Crippen LogP contribution is 2.33. The molecule has 1 N–H and O–H groups in total. The number of anilines is 1. The molecule has 1 atom stereocenters. The van der Waals surface area contributed by atoms with Crippen LogP contribution in [-0.4, -0.2) is 49.8 Å². The van der Waals surface area contributed by atoms with Crippen LogP contribution in [0.1, 0.15) is 39.7 Å². The topological polar surface area (TPSA) is 86.8 Å². The van der Waals surface area contributed by atoms with Gasteiger partial charge in [-0.15, -0.1) is 0 Å². The first-order valence-corrected chi connectivity index (χ1v) is 15.2. The van der Waals surface area contributed by atoms with Crippen LogP contribution < -0.4 is 9.62 Å². The molecule has 0 aliphatic carbocycles. The third kappa shape index (κ3) is 8.22. The Kier molecular flexibility index (Phi) is 10.6. The zero-order valence-electron chi connectivity index (χ0n) is 23.1. The zero-order chi connectivity index (χ0) is 29.5. The lowest BCUT2D eigenvalue weighted by molar-refractivity contribution is -0.140. The molecule has 0 aromatic heterocycles. The molecular weight excluding hydrogens is 569 g/mol. The van der Waals surface area contributed by atoms with Crippen molar-refractivity contribution in [3.05, 3.63) is 94.5 Å². The van der Waals surface area contributed by atoms with Crippen molar-refractivity contribution in [2.24, 2.45) is 0 Å². The molecule has 3 rings (SSSR count). The smallest absolute Gasteiger partial charge is 0.264 e. The highest BCUT2D eigenvalue weighted by molar-refractivity contribution is 7.92. The highest BCUT2D eigenvalue weighted by Gasteiger charge is 2.35. The summed E-state index contributed by atoms with van der Waals surface area (Å²) in [5.74, 6) is -0.850. The van der Waals surface area contributed by atoms with Gasteiger partial charge in [0.15, 0.2) is 0 Å². The molecule has 2 amide bonds. The molecule has 3 aromatic carbocycles. The number of rotatable bonds is 11. The van der Waals surface area contributed by atoms with Crippen molar-refractivity contribution in [3.8, 4) is 0 Å². The molecule has 0 heterocycles. The van der Waals surface area contributed by atoms with E-state index in [2.05, 4.69) is 5.32 Å². The van der Waals surface area contributed by atoms with E-state index in [0.29, 0.717) is 12.8 Å². The number of halogens is 2. The maximum absolute atomic E-state index is 14.1. The van der Waals surface area contributed by atoms with E-state index in [1.807, 2.05) is 58.0 Å². The highest BCUT2D eigenvalue weighted by atomic mass is 35.5. The summed E-state index contributed by atoms with van der Waals surface area (Å²) in [7, 11) is -4.23. The summed E-state index contributed by atoms with van der Waals surface area (Å²) >= 11 is 12.7. The van der Waals surface area contributed by atoms with Gasteiger partial charge in [0.2, 0.25) is 11.8 Å². The van der Waals surface area contributed by atoms with Crippen molar-refractivity contribution in [1.29, 1.82) is 0 Å². The van der Waals surface area contributed by atoms with Gasteiger partial charge < -0.3 is 10.2 Å². The predicted molar refractivity (Wildman–Crippen MR) is 161 cm³/mol. The summed E-state index contributed by atoms with van der Waals surface area (Å²) in [5, 5.41) is 3.34. The summed E-state index contributed by atoms with van der Waals surface area (Å²) in [6, 6.07) is 21.0. The maximum Gasteiger partial charge on any atom is 0.264 e. The number of amides is 2. The molecule has 214 valence electrons. The summed E-state index contributed by atoms with van der Waals surface area (Å²) < 4.78 is 28.7. The molecule has 0 fully saturated rings. The van der Waals surface area contributed by atoms with E-state index >= 15 is 0 Å². The lowest BCUT2D eigenvalue weighted by Gasteiger charge is -2.35. The standard InChI is InChI=1S/C30H35Cl2N3O4S/c1-5-26(29(37)33-30(2,3)4)34(19-18-22-12-8-6-9-13-22)28(36)21-35(27-20-23(31)16-17-25(27)32)40(38,39)24-14-10-7-11-15-24/h6-17,20,26H,5,18-19,21H2,1-4H3,(H,33,37)/t26-/m1/s1.